The van der Waals surface area contributed by atoms with E-state index in [-0.39, 0.29) is 6.16 Å². The first kappa shape index (κ1) is 17.3. The van der Waals surface area contributed by atoms with Crippen LogP contribution in [0.1, 0.15) is 10.4 Å². The fourth-order valence-electron chi connectivity index (χ4n) is 1.87. The van der Waals surface area contributed by atoms with Gasteiger partial charge < -0.3 is 13.8 Å². The maximum absolute atomic E-state index is 13.1. The molecule has 0 N–H and O–H groups in total. The van der Waals surface area contributed by atoms with Gasteiger partial charge in [0.2, 0.25) is 0 Å². The first-order chi connectivity index (χ1) is 11.0. The van der Waals surface area contributed by atoms with Crippen molar-refractivity contribution in [3.8, 4) is 11.5 Å². The summed E-state index contributed by atoms with van der Waals surface area (Å²) in [6.07, 6.45) is -0.372. The Kier molecular flexibility index (Phi) is 5.66. The molecule has 0 amide bonds. The Hall–Kier alpha value is -2.01. The van der Waals surface area contributed by atoms with Crippen LogP contribution in [0.25, 0.3) is 0 Å². The Balaban J connectivity index is 2.16. The Morgan fingerprint density at radius 2 is 1.65 bits per heavy atom. The van der Waals surface area contributed by atoms with Crippen LogP contribution < -0.4 is 4.74 Å². The van der Waals surface area contributed by atoms with Gasteiger partial charge in [-0.3, -0.25) is 9.36 Å². The summed E-state index contributed by atoms with van der Waals surface area (Å²) in [7, 11) is -0.984. The van der Waals surface area contributed by atoms with Crippen molar-refractivity contribution in [3.05, 3.63) is 59.9 Å². The molecular formula is C16H16FO5P. The third-order valence-corrected chi connectivity index (χ3v) is 4.87. The standard InChI is InChI=1S/C16H16FO5P/c1-20-23(19,21-2)11-16(18)12-5-3-7-14(9-12)22-15-8-4-6-13(17)10-15/h3-10H,11H2,1-2H3. The van der Waals surface area contributed by atoms with Gasteiger partial charge in [0.1, 0.15) is 23.5 Å². The Morgan fingerprint density at radius 1 is 1.04 bits per heavy atom. The van der Waals surface area contributed by atoms with Gasteiger partial charge in [-0.2, -0.15) is 0 Å². The quantitative estimate of drug-likeness (QED) is 0.557. The molecule has 0 atom stereocenters. The van der Waals surface area contributed by atoms with E-state index in [1.807, 2.05) is 0 Å². The van der Waals surface area contributed by atoms with Crippen LogP contribution in [0, 0.1) is 5.82 Å². The summed E-state index contributed by atoms with van der Waals surface area (Å²) in [6, 6.07) is 12.0. The third-order valence-electron chi connectivity index (χ3n) is 3.08. The molecule has 5 nitrogen and oxygen atoms in total. The molecule has 2 rings (SSSR count). The van der Waals surface area contributed by atoms with Gasteiger partial charge in [-0.05, 0) is 24.3 Å². The zero-order chi connectivity index (χ0) is 16.9. The minimum atomic E-state index is -3.43. The molecule has 122 valence electrons. The van der Waals surface area contributed by atoms with Crippen molar-refractivity contribution in [2.45, 2.75) is 0 Å². The first-order valence-corrected chi connectivity index (χ1v) is 8.46. The zero-order valence-corrected chi connectivity index (χ0v) is 13.6. The second-order valence-corrected chi connectivity index (χ2v) is 6.91. The number of carbonyl (C=O) groups is 1. The smallest absolute Gasteiger partial charge is 0.337 e. The fraction of sp³-hybridized carbons (Fsp3) is 0.188. The Bertz CT molecular complexity index is 739. The minimum Gasteiger partial charge on any atom is -0.457 e. The highest BCUT2D eigenvalue weighted by molar-refractivity contribution is 7.54. The summed E-state index contributed by atoms with van der Waals surface area (Å²) in [4.78, 5) is 12.2. The van der Waals surface area contributed by atoms with Gasteiger partial charge in [-0.15, -0.1) is 0 Å². The van der Waals surface area contributed by atoms with Crippen LogP contribution in [0.15, 0.2) is 48.5 Å². The average molecular weight is 338 g/mol. The molecule has 0 unspecified atom stereocenters. The number of hydrogen-bond acceptors (Lipinski definition) is 5. The van der Waals surface area contributed by atoms with Gasteiger partial charge in [-0.25, -0.2) is 4.39 Å². The van der Waals surface area contributed by atoms with Crippen LogP contribution in [0.2, 0.25) is 0 Å². The highest BCUT2D eigenvalue weighted by atomic mass is 31.2. The van der Waals surface area contributed by atoms with Crippen molar-refractivity contribution in [1.29, 1.82) is 0 Å². The van der Waals surface area contributed by atoms with Crippen LogP contribution in [-0.2, 0) is 13.6 Å². The summed E-state index contributed by atoms with van der Waals surface area (Å²) in [5.41, 5.74) is 0.299. The van der Waals surface area contributed by atoms with Crippen molar-refractivity contribution in [3.63, 3.8) is 0 Å². The molecular weight excluding hydrogens is 322 g/mol. The average Bonchev–Trinajstić information content (AvgIpc) is 2.55. The van der Waals surface area contributed by atoms with Crippen molar-refractivity contribution in [2.75, 3.05) is 20.4 Å². The monoisotopic (exact) mass is 338 g/mol. The van der Waals surface area contributed by atoms with E-state index in [1.165, 1.54) is 38.5 Å². The molecule has 2 aromatic carbocycles. The van der Waals surface area contributed by atoms with Crippen LogP contribution in [0.5, 0.6) is 11.5 Å². The molecule has 0 aliphatic heterocycles. The third kappa shape index (κ3) is 4.73. The summed E-state index contributed by atoms with van der Waals surface area (Å²) >= 11 is 0. The highest BCUT2D eigenvalue weighted by Crippen LogP contribution is 2.46. The van der Waals surface area contributed by atoms with Crippen LogP contribution >= 0.6 is 7.60 Å². The summed E-state index contributed by atoms with van der Waals surface area (Å²) in [5.74, 6) is -0.141. The van der Waals surface area contributed by atoms with Gasteiger partial charge in [0, 0.05) is 25.8 Å². The normalized spacial score (nSPS) is 11.3. The molecule has 23 heavy (non-hydrogen) atoms. The maximum atomic E-state index is 13.1. The lowest BCUT2D eigenvalue weighted by atomic mass is 10.1. The van der Waals surface area contributed by atoms with Crippen LogP contribution in [0.4, 0.5) is 4.39 Å². The number of benzene rings is 2. The summed E-state index contributed by atoms with van der Waals surface area (Å²) < 4.78 is 40.2. The maximum Gasteiger partial charge on any atom is 0.337 e. The molecule has 2 aromatic rings. The minimum absolute atomic E-state index is 0.299. The molecule has 0 aromatic heterocycles. The molecule has 0 fully saturated rings. The van der Waals surface area contributed by atoms with E-state index >= 15 is 0 Å². The number of ketones is 1. The van der Waals surface area contributed by atoms with E-state index in [1.54, 1.807) is 24.3 Å². The second kappa shape index (κ2) is 7.51. The lowest BCUT2D eigenvalue weighted by Gasteiger charge is -2.13. The van der Waals surface area contributed by atoms with Gasteiger partial charge in [0.25, 0.3) is 0 Å². The molecule has 0 saturated carbocycles. The number of rotatable bonds is 7. The van der Waals surface area contributed by atoms with E-state index in [9.17, 15) is 13.8 Å². The number of ether oxygens (including phenoxy) is 1. The summed E-state index contributed by atoms with van der Waals surface area (Å²) in [5, 5.41) is 0. The Morgan fingerprint density at radius 3 is 2.26 bits per heavy atom. The predicted molar refractivity (Wildman–Crippen MR) is 83.7 cm³/mol. The highest BCUT2D eigenvalue weighted by Gasteiger charge is 2.26. The molecule has 0 aliphatic carbocycles. The van der Waals surface area contributed by atoms with Gasteiger partial charge in [0.15, 0.2) is 5.78 Å². The van der Waals surface area contributed by atoms with Gasteiger partial charge in [-0.1, -0.05) is 18.2 Å². The van der Waals surface area contributed by atoms with E-state index in [0.717, 1.165) is 0 Å². The SMILES string of the molecule is COP(=O)(CC(=O)c1cccc(Oc2cccc(F)c2)c1)OC. The van der Waals surface area contributed by atoms with Crippen LogP contribution in [0.3, 0.4) is 0 Å². The van der Waals surface area contributed by atoms with Crippen molar-refractivity contribution >= 4 is 13.4 Å². The number of carbonyl (C=O) groups excluding carboxylic acids is 1. The largest absolute Gasteiger partial charge is 0.457 e. The number of Topliss-reactive ketones (excluding diaryl/α,β-unsaturated/α-hetero) is 1. The van der Waals surface area contributed by atoms with E-state index in [2.05, 4.69) is 0 Å². The van der Waals surface area contributed by atoms with Crippen molar-refractivity contribution in [2.24, 2.45) is 0 Å². The fourth-order valence-corrected chi connectivity index (χ4v) is 2.81. The topological polar surface area (TPSA) is 61.8 Å². The molecule has 0 heterocycles. The van der Waals surface area contributed by atoms with Gasteiger partial charge >= 0.3 is 7.60 Å². The van der Waals surface area contributed by atoms with Crippen molar-refractivity contribution in [1.82, 2.24) is 0 Å². The van der Waals surface area contributed by atoms with Crippen LogP contribution in [-0.4, -0.2) is 26.2 Å². The molecule has 0 aliphatic rings. The molecule has 0 bridgehead atoms. The summed E-state index contributed by atoms with van der Waals surface area (Å²) in [6.45, 7) is 0. The molecule has 7 heteroatoms. The van der Waals surface area contributed by atoms with E-state index in [0.29, 0.717) is 17.1 Å². The zero-order valence-electron chi connectivity index (χ0n) is 12.7. The molecule has 0 spiro atoms. The predicted octanol–water partition coefficient (Wildman–Crippen LogP) is 4.29. The van der Waals surface area contributed by atoms with E-state index in [4.69, 9.17) is 13.8 Å². The first-order valence-electron chi connectivity index (χ1n) is 6.73. The molecule has 0 saturated heterocycles. The lowest BCUT2D eigenvalue weighted by molar-refractivity contribution is 0.101. The Labute approximate surface area is 133 Å². The van der Waals surface area contributed by atoms with Gasteiger partial charge in [0.05, 0.1) is 0 Å². The molecule has 0 radical (unpaired) electrons. The lowest BCUT2D eigenvalue weighted by Crippen LogP contribution is -2.08. The number of halogens is 1. The number of hydrogen-bond donors (Lipinski definition) is 0. The van der Waals surface area contributed by atoms with Crippen molar-refractivity contribution < 1.29 is 27.5 Å². The second-order valence-electron chi connectivity index (χ2n) is 4.64. The van der Waals surface area contributed by atoms with E-state index < -0.39 is 19.2 Å².